The molecule has 0 spiro atoms. The van der Waals surface area contributed by atoms with Gasteiger partial charge in [-0.2, -0.15) is 0 Å². The normalized spacial score (nSPS) is 11.7. The highest BCUT2D eigenvalue weighted by atomic mass is 15.0. The van der Waals surface area contributed by atoms with Crippen LogP contribution in [0.5, 0.6) is 0 Å². The molecule has 2 aromatic rings. The minimum Gasteiger partial charge on any atom is -0.347 e. The molecule has 1 aromatic carbocycles. The molecule has 0 aliphatic heterocycles. The molecule has 2 nitrogen and oxygen atoms in total. The van der Waals surface area contributed by atoms with Gasteiger partial charge < -0.3 is 9.88 Å². The SMILES string of the molecule is C#CCCCn1ccc2c(CNC(C)(C)C)cccc21. The Hall–Kier alpha value is -1.72. The number of benzene rings is 1. The first-order valence-corrected chi connectivity index (χ1v) is 7.26. The summed E-state index contributed by atoms with van der Waals surface area (Å²) in [4.78, 5) is 0. The molecule has 0 amide bonds. The van der Waals surface area contributed by atoms with E-state index >= 15 is 0 Å². The lowest BCUT2D eigenvalue weighted by molar-refractivity contribution is 0.425. The molecule has 0 bridgehead atoms. The zero-order valence-corrected chi connectivity index (χ0v) is 12.7. The van der Waals surface area contributed by atoms with Crippen LogP contribution in [0.2, 0.25) is 0 Å². The highest BCUT2D eigenvalue weighted by molar-refractivity contribution is 5.83. The lowest BCUT2D eigenvalue weighted by Gasteiger charge is -2.21. The molecule has 0 aliphatic rings. The Morgan fingerprint density at radius 2 is 2.05 bits per heavy atom. The molecule has 1 N–H and O–H groups in total. The molecule has 2 rings (SSSR count). The van der Waals surface area contributed by atoms with E-state index in [-0.39, 0.29) is 5.54 Å². The molecule has 0 aliphatic carbocycles. The summed E-state index contributed by atoms with van der Waals surface area (Å²) in [6, 6.07) is 8.74. The zero-order chi connectivity index (χ0) is 14.6. The van der Waals surface area contributed by atoms with Gasteiger partial charge in [0.05, 0.1) is 0 Å². The smallest absolute Gasteiger partial charge is 0.0483 e. The number of nitrogens with zero attached hydrogens (tertiary/aromatic N) is 1. The fourth-order valence-electron chi connectivity index (χ4n) is 2.35. The number of aryl methyl sites for hydroxylation is 1. The topological polar surface area (TPSA) is 17.0 Å². The van der Waals surface area contributed by atoms with Crippen LogP contribution in [-0.2, 0) is 13.1 Å². The fraction of sp³-hybridized carbons (Fsp3) is 0.444. The van der Waals surface area contributed by atoms with Crippen LogP contribution in [0.25, 0.3) is 10.9 Å². The van der Waals surface area contributed by atoms with E-state index in [0.717, 1.165) is 25.9 Å². The van der Waals surface area contributed by atoms with Crippen molar-refractivity contribution in [1.29, 1.82) is 0 Å². The molecule has 0 saturated carbocycles. The number of nitrogens with one attached hydrogen (secondary N) is 1. The molecule has 0 fully saturated rings. The Kier molecular flexibility index (Phi) is 4.52. The van der Waals surface area contributed by atoms with E-state index in [1.807, 2.05) is 0 Å². The monoisotopic (exact) mass is 268 g/mol. The zero-order valence-electron chi connectivity index (χ0n) is 12.7. The van der Waals surface area contributed by atoms with E-state index in [9.17, 15) is 0 Å². The van der Waals surface area contributed by atoms with Gasteiger partial charge in [0.25, 0.3) is 0 Å². The van der Waals surface area contributed by atoms with Crippen LogP contribution in [-0.4, -0.2) is 10.1 Å². The minimum atomic E-state index is 0.136. The lowest BCUT2D eigenvalue weighted by atomic mass is 10.1. The molecule has 0 saturated heterocycles. The third kappa shape index (κ3) is 3.65. The maximum absolute atomic E-state index is 5.32. The number of fused-ring (bicyclic) bond motifs is 1. The van der Waals surface area contributed by atoms with Crippen molar-refractivity contribution in [2.75, 3.05) is 0 Å². The molecule has 0 radical (unpaired) electrons. The maximum Gasteiger partial charge on any atom is 0.0483 e. The summed E-state index contributed by atoms with van der Waals surface area (Å²) < 4.78 is 2.30. The van der Waals surface area contributed by atoms with Crippen LogP contribution >= 0.6 is 0 Å². The summed E-state index contributed by atoms with van der Waals surface area (Å²) >= 11 is 0. The maximum atomic E-state index is 5.32. The van der Waals surface area contributed by atoms with Crippen molar-refractivity contribution in [3.8, 4) is 12.3 Å². The van der Waals surface area contributed by atoms with Gasteiger partial charge in [0, 0.05) is 42.1 Å². The number of terminal acetylenes is 1. The van der Waals surface area contributed by atoms with E-state index in [2.05, 4.69) is 67.0 Å². The predicted molar refractivity (Wildman–Crippen MR) is 86.6 cm³/mol. The number of unbranched alkanes of at least 4 members (excludes halogenated alkanes) is 1. The molecule has 1 aromatic heterocycles. The predicted octanol–water partition coefficient (Wildman–Crippen LogP) is 3.94. The first-order valence-electron chi connectivity index (χ1n) is 7.26. The molecule has 2 heteroatoms. The van der Waals surface area contributed by atoms with Gasteiger partial charge in [0.2, 0.25) is 0 Å². The average Bonchev–Trinajstić information content (AvgIpc) is 2.80. The summed E-state index contributed by atoms with van der Waals surface area (Å²) in [6.07, 6.45) is 9.36. The average molecular weight is 268 g/mol. The largest absolute Gasteiger partial charge is 0.347 e. The van der Waals surface area contributed by atoms with Crippen LogP contribution in [0.15, 0.2) is 30.5 Å². The third-order valence-electron chi connectivity index (χ3n) is 3.43. The van der Waals surface area contributed by atoms with E-state index < -0.39 is 0 Å². The van der Waals surface area contributed by atoms with Gasteiger partial charge >= 0.3 is 0 Å². The van der Waals surface area contributed by atoms with Crippen molar-refractivity contribution in [2.45, 2.75) is 52.2 Å². The van der Waals surface area contributed by atoms with Crippen LogP contribution in [0.4, 0.5) is 0 Å². The number of aromatic nitrogens is 1. The van der Waals surface area contributed by atoms with Crippen molar-refractivity contribution in [3.05, 3.63) is 36.0 Å². The standard InChI is InChI=1S/C18H24N2/c1-5-6-7-12-20-13-11-16-15(9-8-10-17(16)20)14-19-18(2,3)4/h1,8-11,13,19H,6-7,12,14H2,2-4H3. The first-order chi connectivity index (χ1) is 9.51. The van der Waals surface area contributed by atoms with Crippen molar-refractivity contribution >= 4 is 10.9 Å². The third-order valence-corrected chi connectivity index (χ3v) is 3.43. The second kappa shape index (κ2) is 6.15. The van der Waals surface area contributed by atoms with Gasteiger partial charge in [0.15, 0.2) is 0 Å². The van der Waals surface area contributed by atoms with E-state index in [1.54, 1.807) is 0 Å². The van der Waals surface area contributed by atoms with Crippen LogP contribution < -0.4 is 5.32 Å². The molecule has 0 atom stereocenters. The van der Waals surface area contributed by atoms with Gasteiger partial charge in [-0.3, -0.25) is 0 Å². The molecule has 0 unspecified atom stereocenters. The molecular formula is C18H24N2. The minimum absolute atomic E-state index is 0.136. The van der Waals surface area contributed by atoms with Crippen LogP contribution in [0, 0.1) is 12.3 Å². The lowest BCUT2D eigenvalue weighted by Crippen LogP contribution is -2.35. The Balaban J connectivity index is 2.19. The molecule has 1 heterocycles. The summed E-state index contributed by atoms with van der Waals surface area (Å²) in [6.45, 7) is 8.47. The molecule has 20 heavy (non-hydrogen) atoms. The van der Waals surface area contributed by atoms with E-state index in [4.69, 9.17) is 6.42 Å². The Morgan fingerprint density at radius 1 is 1.25 bits per heavy atom. The van der Waals surface area contributed by atoms with Gasteiger partial charge in [-0.25, -0.2) is 0 Å². The summed E-state index contributed by atoms with van der Waals surface area (Å²) in [5, 5.41) is 4.89. The highest BCUT2D eigenvalue weighted by Crippen LogP contribution is 2.21. The molecular weight excluding hydrogens is 244 g/mol. The van der Waals surface area contributed by atoms with Gasteiger partial charge in [-0.1, -0.05) is 12.1 Å². The van der Waals surface area contributed by atoms with Crippen molar-refractivity contribution in [3.63, 3.8) is 0 Å². The van der Waals surface area contributed by atoms with Gasteiger partial charge in [0.1, 0.15) is 0 Å². The van der Waals surface area contributed by atoms with Crippen LogP contribution in [0.3, 0.4) is 0 Å². The molecule has 106 valence electrons. The second-order valence-electron chi connectivity index (χ2n) is 6.27. The Bertz CT molecular complexity index is 608. The Labute approximate surface area is 122 Å². The second-order valence-corrected chi connectivity index (χ2v) is 6.27. The fourth-order valence-corrected chi connectivity index (χ4v) is 2.35. The van der Waals surface area contributed by atoms with Crippen molar-refractivity contribution in [1.82, 2.24) is 9.88 Å². The number of hydrogen-bond donors (Lipinski definition) is 1. The van der Waals surface area contributed by atoms with Gasteiger partial charge in [-0.05, 0) is 44.9 Å². The highest BCUT2D eigenvalue weighted by Gasteiger charge is 2.10. The van der Waals surface area contributed by atoms with Crippen LogP contribution in [0.1, 0.15) is 39.2 Å². The summed E-state index contributed by atoms with van der Waals surface area (Å²) in [7, 11) is 0. The van der Waals surface area contributed by atoms with E-state index in [1.165, 1.54) is 16.5 Å². The Morgan fingerprint density at radius 3 is 2.75 bits per heavy atom. The van der Waals surface area contributed by atoms with Crippen molar-refractivity contribution in [2.24, 2.45) is 0 Å². The van der Waals surface area contributed by atoms with Gasteiger partial charge in [-0.15, -0.1) is 12.3 Å². The quantitative estimate of drug-likeness (QED) is 0.642. The first kappa shape index (κ1) is 14.7. The van der Waals surface area contributed by atoms with E-state index in [0.29, 0.717) is 0 Å². The number of hydrogen-bond acceptors (Lipinski definition) is 1. The summed E-state index contributed by atoms with van der Waals surface area (Å²) in [5.74, 6) is 2.70. The van der Waals surface area contributed by atoms with Crippen molar-refractivity contribution < 1.29 is 0 Å². The number of rotatable bonds is 5. The summed E-state index contributed by atoms with van der Waals surface area (Å²) in [5.41, 5.74) is 2.79.